The largest absolute Gasteiger partial charge is 0.264 e. The Balaban J connectivity index is 0.000000118. The average molecular weight is 1360 g/mol. The zero-order valence-electron chi connectivity index (χ0n) is 45.3. The van der Waals surface area contributed by atoms with Crippen molar-refractivity contribution in [3.8, 4) is 0 Å². The van der Waals surface area contributed by atoms with Crippen molar-refractivity contribution in [3.63, 3.8) is 0 Å². The molecular formula is C63H43N19SSeY2-2. The van der Waals surface area contributed by atoms with Crippen LogP contribution in [0.3, 0.4) is 0 Å². The summed E-state index contributed by atoms with van der Waals surface area (Å²) in [4.78, 5) is 49.8. The Bertz CT molecular complexity index is 4270. The van der Waals surface area contributed by atoms with Crippen LogP contribution in [0.4, 0.5) is 0 Å². The summed E-state index contributed by atoms with van der Waals surface area (Å²) in [5.41, 5.74) is 16.0. The summed E-state index contributed by atoms with van der Waals surface area (Å²) in [6.07, 6.45) is 20.7. The molecule has 2 radical (unpaired) electrons. The molecule has 23 heteroatoms. The molecule has 12 aromatic heterocycles. The van der Waals surface area contributed by atoms with Crippen molar-refractivity contribution < 1.29 is 65.4 Å². The summed E-state index contributed by atoms with van der Waals surface area (Å²) in [6.45, 7) is 0. The van der Waals surface area contributed by atoms with Gasteiger partial charge in [-0.3, -0.25) is 45.1 Å². The molecule has 0 N–H and O–H groups in total. The minimum absolute atomic E-state index is 0. The van der Waals surface area contributed by atoms with Gasteiger partial charge in [-0.2, -0.15) is 8.75 Å². The van der Waals surface area contributed by atoms with E-state index in [-0.39, 0.29) is 80.4 Å². The molecule has 0 fully saturated rings. The summed E-state index contributed by atoms with van der Waals surface area (Å²) < 4.78 is 16.4. The van der Waals surface area contributed by atoms with Crippen LogP contribution >= 0.6 is 11.7 Å². The molecule has 18 aromatic rings. The molecule has 0 aliphatic heterocycles. The van der Waals surface area contributed by atoms with Crippen LogP contribution in [0.1, 0.15) is 0 Å². The molecule has 18 rings (SSSR count). The molecule has 0 saturated carbocycles. The fourth-order valence-electron chi connectivity index (χ4n) is 7.93. The Hall–Kier alpha value is -9.04. The second-order valence-electron chi connectivity index (χ2n) is 17.4. The molecule has 0 unspecified atom stereocenters. The maximum Gasteiger partial charge on any atom is 0.0964 e. The molecule has 19 nitrogen and oxygen atoms in total. The summed E-state index contributed by atoms with van der Waals surface area (Å²) in [5, 5.41) is 14.4. The van der Waals surface area contributed by atoms with Gasteiger partial charge >= 0.3 is 58.2 Å². The summed E-state index contributed by atoms with van der Waals surface area (Å²) in [5.74, 6) is 0. The fraction of sp³-hybridized carbons (Fsp3) is 0. The van der Waals surface area contributed by atoms with Gasteiger partial charge in [-0.15, -0.1) is 0 Å². The van der Waals surface area contributed by atoms with E-state index in [1.165, 1.54) is 11.7 Å². The number of benzene rings is 6. The van der Waals surface area contributed by atoms with Crippen LogP contribution in [0.5, 0.6) is 0 Å². The molecule has 0 spiro atoms. The SMILES string of the molecule is [Y].[Y].c1cc2nccnc2cn1.c1cc2nsnc2cn1.c1ccc2[n-]cnc2c1.c1ccc2[n-]nnc2c1.c1ccc2n[se]nc2c1.c1ccc2nc3ccccc3nc2c1.c1cnc2c(c1)ccc1cccnc12.c1cnc2ccncc2c1. The van der Waals surface area contributed by atoms with Gasteiger partial charge in [0.25, 0.3) is 0 Å². The van der Waals surface area contributed by atoms with E-state index < -0.39 is 0 Å². The van der Waals surface area contributed by atoms with Crippen molar-refractivity contribution in [3.05, 3.63) is 263 Å². The van der Waals surface area contributed by atoms with E-state index >= 15 is 0 Å². The van der Waals surface area contributed by atoms with Gasteiger partial charge in [0.05, 0.1) is 68.3 Å². The Morgan fingerprint density at radius 1 is 0.314 bits per heavy atom. The molecule has 0 atom stereocenters. The van der Waals surface area contributed by atoms with E-state index in [1.54, 1.807) is 68.3 Å². The van der Waals surface area contributed by atoms with Gasteiger partial charge in [-0.05, 0) is 88.8 Å². The number of hydrogen-bond donors (Lipinski definition) is 0. The predicted octanol–water partition coefficient (Wildman–Crippen LogP) is 11.8. The van der Waals surface area contributed by atoms with Gasteiger partial charge < -0.3 is 20.2 Å². The first kappa shape index (κ1) is 61.5. The monoisotopic (exact) mass is 1360 g/mol. The number of rotatable bonds is 0. The Morgan fingerprint density at radius 2 is 0.779 bits per heavy atom. The zero-order chi connectivity index (χ0) is 56.8. The molecule has 0 saturated heterocycles. The van der Waals surface area contributed by atoms with E-state index in [1.807, 2.05) is 170 Å². The number of nitrogens with zero attached hydrogens (tertiary/aromatic N) is 19. The van der Waals surface area contributed by atoms with Gasteiger partial charge in [0.15, 0.2) is 0 Å². The van der Waals surface area contributed by atoms with Gasteiger partial charge in [-0.25, -0.2) is 9.97 Å². The zero-order valence-corrected chi connectivity index (χ0v) is 53.5. The van der Waals surface area contributed by atoms with E-state index in [4.69, 9.17) is 0 Å². The Kier molecular flexibility index (Phi) is 23.1. The molecule has 410 valence electrons. The summed E-state index contributed by atoms with van der Waals surface area (Å²) >= 11 is 1.34. The molecule has 12 heterocycles. The number of aromatic nitrogens is 19. The molecular weight excluding hydrogens is 1310 g/mol. The number of imidazole rings is 1. The van der Waals surface area contributed by atoms with E-state index in [9.17, 15) is 0 Å². The van der Waals surface area contributed by atoms with Crippen LogP contribution < -0.4 is 10.1 Å². The van der Waals surface area contributed by atoms with Crippen molar-refractivity contribution in [2.24, 2.45) is 0 Å². The van der Waals surface area contributed by atoms with Crippen LogP contribution in [0.25, 0.3) is 110 Å². The number of hydrogen-bond acceptors (Lipinski definition) is 18. The minimum atomic E-state index is 0. The van der Waals surface area contributed by atoms with E-state index in [0.717, 1.165) is 110 Å². The van der Waals surface area contributed by atoms with Crippen molar-refractivity contribution >= 4 is 137 Å². The second-order valence-corrected chi connectivity index (χ2v) is 19.1. The third-order valence-electron chi connectivity index (χ3n) is 11.9. The molecule has 0 aliphatic carbocycles. The Morgan fingerprint density at radius 3 is 1.35 bits per heavy atom. The fourth-order valence-corrected chi connectivity index (χ4v) is 9.54. The standard InChI is InChI=1S/2C12H8N2.C8H6N2.C7H5N3.C7H5N2.C6H4N3.C6H4N2Se.C5H3N3S.2Y/c1-3-9-5-6-10-4-2-8-14-12(10)11(9)13-7-1;1-2-6-10-9(5-1)13-11-7-3-4-8-12(11)14-10;1-2-7-6-9-5-3-8(7)10-4-1;1-2-8-5-7-6(1)9-3-4-10-7;1-2-4-7-6(3-1)8-5-9-7;2*1-2-4-6-5(3-1)7-9-8-6;1-2-6-3-5-4(1)7-9-8-5;;/h2*1-8H;1-6H;1-5H;1-5H;2*1-4H;1-3H;;/q;;;;2*-1;;;;. The van der Waals surface area contributed by atoms with Crippen LogP contribution in [-0.2, 0) is 65.4 Å². The van der Waals surface area contributed by atoms with Crippen LogP contribution in [0, 0.1) is 0 Å². The summed E-state index contributed by atoms with van der Waals surface area (Å²) in [7, 11) is 0. The first-order valence-electron chi connectivity index (χ1n) is 25.8. The third-order valence-corrected chi connectivity index (χ3v) is 13.7. The first-order chi connectivity index (χ1) is 41.7. The third kappa shape index (κ3) is 16.9. The molecule has 0 bridgehead atoms. The first-order valence-corrected chi connectivity index (χ1v) is 28.0. The van der Waals surface area contributed by atoms with Gasteiger partial charge in [0.2, 0.25) is 0 Å². The van der Waals surface area contributed by atoms with Crippen LogP contribution in [0.15, 0.2) is 263 Å². The van der Waals surface area contributed by atoms with Gasteiger partial charge in [-0.1, -0.05) is 103 Å². The molecule has 86 heavy (non-hydrogen) atoms. The number of fused-ring (bicyclic) bond motifs is 11. The normalized spacial score (nSPS) is 10.1. The molecule has 0 aliphatic rings. The second kappa shape index (κ2) is 32.3. The molecule has 0 amide bonds. The number of pyridine rings is 6. The quantitative estimate of drug-likeness (QED) is 0.0777. The van der Waals surface area contributed by atoms with E-state index in [0.29, 0.717) is 0 Å². The van der Waals surface area contributed by atoms with Crippen LogP contribution in [-0.4, -0.2) is 96.8 Å². The van der Waals surface area contributed by atoms with Crippen molar-refractivity contribution in [2.75, 3.05) is 0 Å². The molecule has 6 aromatic carbocycles. The average Bonchev–Trinajstić information content (AvgIpc) is 3.42. The number of para-hydroxylation sites is 6. The van der Waals surface area contributed by atoms with Gasteiger partial charge in [0.1, 0.15) is 16.6 Å². The topological polar surface area (TPSA) is 247 Å². The summed E-state index contributed by atoms with van der Waals surface area (Å²) in [6, 6.07) is 60.8. The van der Waals surface area contributed by atoms with Crippen molar-refractivity contribution in [1.82, 2.24) is 91.9 Å². The minimum Gasteiger partial charge on any atom is -0.264 e. The van der Waals surface area contributed by atoms with Crippen molar-refractivity contribution in [1.29, 1.82) is 0 Å². The van der Waals surface area contributed by atoms with E-state index in [2.05, 4.69) is 116 Å². The van der Waals surface area contributed by atoms with Gasteiger partial charge in [0, 0.05) is 137 Å². The smallest absolute Gasteiger partial charge is 0.0964 e. The van der Waals surface area contributed by atoms with Crippen LogP contribution in [0.2, 0.25) is 0 Å². The Labute approximate surface area is 551 Å². The predicted molar refractivity (Wildman–Crippen MR) is 331 cm³/mol. The maximum atomic E-state index is 4.52. The van der Waals surface area contributed by atoms with Crippen molar-refractivity contribution in [2.45, 2.75) is 0 Å². The maximum absolute atomic E-state index is 4.52.